The van der Waals surface area contributed by atoms with Crippen molar-refractivity contribution in [2.45, 2.75) is 23.9 Å². The van der Waals surface area contributed by atoms with Gasteiger partial charge in [-0.2, -0.15) is 0 Å². The zero-order valence-electron chi connectivity index (χ0n) is 7.27. The average Bonchev–Trinajstić information content (AvgIpc) is 2.03. The maximum absolute atomic E-state index is 13.3. The summed E-state index contributed by atoms with van der Waals surface area (Å²) in [6, 6.07) is 7.66. The van der Waals surface area contributed by atoms with Crippen LogP contribution in [0.3, 0.4) is 0 Å². The van der Waals surface area contributed by atoms with Crippen molar-refractivity contribution >= 4 is 22.6 Å². The van der Waals surface area contributed by atoms with E-state index in [2.05, 4.69) is 6.92 Å². The Balaban J connectivity index is 2.93. The summed E-state index contributed by atoms with van der Waals surface area (Å²) >= 11 is 1.80. The van der Waals surface area contributed by atoms with Crippen molar-refractivity contribution in [1.82, 2.24) is 0 Å². The molecule has 1 atom stereocenters. The molecule has 66 valence electrons. The highest BCUT2D eigenvalue weighted by atomic mass is 127. The summed E-state index contributed by atoms with van der Waals surface area (Å²) < 4.78 is 12.1. The van der Waals surface area contributed by atoms with Crippen LogP contribution in [0.1, 0.15) is 25.0 Å². The van der Waals surface area contributed by atoms with Gasteiger partial charge in [-0.1, -0.05) is 31.2 Å². The quantitative estimate of drug-likeness (QED) is 0.569. The van der Waals surface area contributed by atoms with E-state index in [0.717, 1.165) is 12.0 Å². The van der Waals surface area contributed by atoms with Gasteiger partial charge in [0.05, 0.1) is 0 Å². The fourth-order valence-electron chi connectivity index (χ4n) is 1.03. The molecule has 1 aromatic carbocycles. The summed E-state index contributed by atoms with van der Waals surface area (Å²) in [5.74, 6) is 0. The third-order valence-electron chi connectivity index (χ3n) is 1.87. The standard InChI is InChI=1S/C10H12FI/c1-3-8-4-6-9(7-5-8)10(2,11)12/h4-7H,3H2,1-2H3. The normalized spacial score (nSPS) is 15.7. The van der Waals surface area contributed by atoms with E-state index < -0.39 is 3.68 Å². The fourth-order valence-corrected chi connectivity index (χ4v) is 1.39. The molecule has 0 aliphatic heterocycles. The van der Waals surface area contributed by atoms with Crippen LogP contribution < -0.4 is 0 Å². The number of alkyl halides is 2. The second-order valence-electron chi connectivity index (χ2n) is 2.94. The van der Waals surface area contributed by atoms with Crippen LogP contribution >= 0.6 is 22.6 Å². The number of aryl methyl sites for hydroxylation is 1. The van der Waals surface area contributed by atoms with E-state index in [0.29, 0.717) is 0 Å². The van der Waals surface area contributed by atoms with Crippen molar-refractivity contribution < 1.29 is 4.39 Å². The van der Waals surface area contributed by atoms with E-state index >= 15 is 0 Å². The van der Waals surface area contributed by atoms with Gasteiger partial charge >= 0.3 is 0 Å². The highest BCUT2D eigenvalue weighted by molar-refractivity contribution is 14.1. The van der Waals surface area contributed by atoms with E-state index in [9.17, 15) is 4.39 Å². The molecule has 0 aliphatic rings. The molecule has 0 saturated carbocycles. The van der Waals surface area contributed by atoms with Gasteiger partial charge < -0.3 is 0 Å². The lowest BCUT2D eigenvalue weighted by Crippen LogP contribution is -2.03. The molecule has 0 nitrogen and oxygen atoms in total. The van der Waals surface area contributed by atoms with Crippen LogP contribution in [0.2, 0.25) is 0 Å². The summed E-state index contributed by atoms with van der Waals surface area (Å²) in [6.07, 6.45) is 1.00. The first-order chi connectivity index (χ1) is 5.54. The highest BCUT2D eigenvalue weighted by Crippen LogP contribution is 2.32. The third-order valence-corrected chi connectivity index (χ3v) is 2.49. The Bertz CT molecular complexity index is 246. The molecule has 2 heteroatoms. The minimum atomic E-state index is -1.25. The SMILES string of the molecule is CCc1ccc(C(C)(F)I)cc1. The Hall–Kier alpha value is -0.120. The molecule has 0 heterocycles. The van der Waals surface area contributed by atoms with Gasteiger partial charge in [0, 0.05) is 0 Å². The number of hydrogen-bond donors (Lipinski definition) is 0. The Morgan fingerprint density at radius 1 is 1.33 bits per heavy atom. The smallest absolute Gasteiger partial charge is 0.183 e. The number of halogens is 2. The molecule has 0 bridgehead atoms. The van der Waals surface area contributed by atoms with Gasteiger partial charge in [0.1, 0.15) is 0 Å². The van der Waals surface area contributed by atoms with Crippen LogP contribution in [0.5, 0.6) is 0 Å². The van der Waals surface area contributed by atoms with Gasteiger partial charge in [0.15, 0.2) is 3.68 Å². The van der Waals surface area contributed by atoms with Gasteiger partial charge in [-0.3, -0.25) is 0 Å². The molecule has 0 fully saturated rings. The molecule has 0 spiro atoms. The molecular weight excluding hydrogens is 266 g/mol. The summed E-state index contributed by atoms with van der Waals surface area (Å²) in [5, 5.41) is 0. The number of rotatable bonds is 2. The van der Waals surface area contributed by atoms with Crippen LogP contribution in [-0.4, -0.2) is 0 Å². The van der Waals surface area contributed by atoms with Gasteiger partial charge in [0.25, 0.3) is 0 Å². The van der Waals surface area contributed by atoms with Crippen molar-refractivity contribution in [3.05, 3.63) is 35.4 Å². The first kappa shape index (κ1) is 9.96. The first-order valence-corrected chi connectivity index (χ1v) is 5.09. The third kappa shape index (κ3) is 2.44. The van der Waals surface area contributed by atoms with Crippen LogP contribution in [0.25, 0.3) is 0 Å². The van der Waals surface area contributed by atoms with Crippen molar-refractivity contribution in [3.8, 4) is 0 Å². The van der Waals surface area contributed by atoms with Crippen LogP contribution in [-0.2, 0) is 10.1 Å². The molecule has 0 amide bonds. The first-order valence-electron chi connectivity index (χ1n) is 4.01. The van der Waals surface area contributed by atoms with Gasteiger partial charge in [-0.15, -0.1) is 0 Å². The van der Waals surface area contributed by atoms with Crippen molar-refractivity contribution in [3.63, 3.8) is 0 Å². The predicted octanol–water partition coefficient (Wildman–Crippen LogP) is 3.83. The number of benzene rings is 1. The maximum atomic E-state index is 13.3. The minimum Gasteiger partial charge on any atom is -0.227 e. The predicted molar refractivity (Wildman–Crippen MR) is 58.3 cm³/mol. The van der Waals surface area contributed by atoms with Crippen molar-refractivity contribution in [1.29, 1.82) is 0 Å². The molecule has 1 aromatic rings. The lowest BCUT2D eigenvalue weighted by molar-refractivity contribution is 0.349. The highest BCUT2D eigenvalue weighted by Gasteiger charge is 2.20. The lowest BCUT2D eigenvalue weighted by Gasteiger charge is -2.12. The maximum Gasteiger partial charge on any atom is 0.183 e. The molecule has 1 rings (SSSR count). The topological polar surface area (TPSA) is 0 Å². The Morgan fingerprint density at radius 2 is 1.83 bits per heavy atom. The summed E-state index contributed by atoms with van der Waals surface area (Å²) in [6.45, 7) is 3.65. The van der Waals surface area contributed by atoms with Crippen molar-refractivity contribution in [2.75, 3.05) is 0 Å². The molecule has 0 N–H and O–H groups in total. The second kappa shape index (κ2) is 3.73. The van der Waals surface area contributed by atoms with Gasteiger partial charge in [-0.25, -0.2) is 4.39 Å². The monoisotopic (exact) mass is 278 g/mol. The summed E-state index contributed by atoms with van der Waals surface area (Å²) in [7, 11) is 0. The van der Waals surface area contributed by atoms with Gasteiger partial charge in [0.2, 0.25) is 0 Å². The molecular formula is C10H12FI. The van der Waals surface area contributed by atoms with Crippen LogP contribution in [0.15, 0.2) is 24.3 Å². The lowest BCUT2D eigenvalue weighted by atomic mass is 10.1. The summed E-state index contributed by atoms with van der Waals surface area (Å²) in [4.78, 5) is 0. The molecule has 12 heavy (non-hydrogen) atoms. The Morgan fingerprint density at radius 3 is 2.17 bits per heavy atom. The molecule has 0 aliphatic carbocycles. The van der Waals surface area contributed by atoms with Crippen LogP contribution in [0, 0.1) is 0 Å². The van der Waals surface area contributed by atoms with E-state index in [1.54, 1.807) is 29.5 Å². The van der Waals surface area contributed by atoms with Crippen LogP contribution in [0.4, 0.5) is 4.39 Å². The Labute approximate surface area is 86.3 Å². The Kier molecular flexibility index (Phi) is 3.09. The summed E-state index contributed by atoms with van der Waals surface area (Å²) in [5.41, 5.74) is 1.99. The van der Waals surface area contributed by atoms with E-state index in [4.69, 9.17) is 0 Å². The number of hydrogen-bond acceptors (Lipinski definition) is 0. The molecule has 0 radical (unpaired) electrons. The van der Waals surface area contributed by atoms with E-state index in [-0.39, 0.29) is 0 Å². The largest absolute Gasteiger partial charge is 0.227 e. The average molecular weight is 278 g/mol. The van der Waals surface area contributed by atoms with E-state index in [1.165, 1.54) is 5.56 Å². The zero-order valence-corrected chi connectivity index (χ0v) is 9.43. The molecule has 0 saturated heterocycles. The fraction of sp³-hybridized carbons (Fsp3) is 0.400. The molecule has 1 unspecified atom stereocenters. The zero-order chi connectivity index (χ0) is 9.19. The van der Waals surface area contributed by atoms with Crippen molar-refractivity contribution in [2.24, 2.45) is 0 Å². The molecule has 0 aromatic heterocycles. The van der Waals surface area contributed by atoms with E-state index in [1.807, 2.05) is 24.3 Å². The van der Waals surface area contributed by atoms with Gasteiger partial charge in [-0.05, 0) is 47.1 Å². The second-order valence-corrected chi connectivity index (χ2v) is 4.96. The minimum absolute atomic E-state index is 0.736.